The van der Waals surface area contributed by atoms with E-state index in [2.05, 4.69) is 0 Å². The second kappa shape index (κ2) is 12.1. The third-order valence-electron chi connectivity index (χ3n) is 6.04. The molecule has 0 atom stereocenters. The van der Waals surface area contributed by atoms with Crippen LogP contribution in [0.4, 0.5) is 0 Å². The molecule has 1 aliphatic rings. The van der Waals surface area contributed by atoms with Crippen LogP contribution < -0.4 is 23.7 Å². The number of hydrogen-bond acceptors (Lipinski definition) is 5. The van der Waals surface area contributed by atoms with E-state index in [4.69, 9.17) is 23.7 Å². The van der Waals surface area contributed by atoms with Gasteiger partial charge in [-0.25, -0.2) is 0 Å². The normalized spacial score (nSPS) is 12.5. The smallest absolute Gasteiger partial charge is 0.231 e. The topological polar surface area (TPSA) is 46.2 Å². The molecule has 0 aliphatic carbocycles. The van der Waals surface area contributed by atoms with E-state index in [1.807, 2.05) is 123 Å². The zero-order valence-electron chi connectivity index (χ0n) is 21.6. The van der Waals surface area contributed by atoms with E-state index in [1.165, 1.54) is 0 Å². The largest absolute Gasteiger partial charge is 0.489 e. The quantitative estimate of drug-likeness (QED) is 0.204. The van der Waals surface area contributed by atoms with Gasteiger partial charge in [-0.05, 0) is 49.2 Å². The van der Waals surface area contributed by atoms with Crippen molar-refractivity contribution in [3.63, 3.8) is 0 Å². The number of ether oxygens (including phenoxy) is 5. The van der Waals surface area contributed by atoms with Gasteiger partial charge in [0.15, 0.2) is 11.5 Å². The van der Waals surface area contributed by atoms with Crippen LogP contribution in [-0.4, -0.2) is 6.79 Å². The van der Waals surface area contributed by atoms with Gasteiger partial charge in [-0.3, -0.25) is 0 Å². The number of hydrogen-bond donors (Lipinski definition) is 0. The maximum Gasteiger partial charge on any atom is 0.231 e. The van der Waals surface area contributed by atoms with E-state index in [9.17, 15) is 0 Å². The lowest BCUT2D eigenvalue weighted by molar-refractivity contribution is 0.174. The number of benzene rings is 4. The maximum atomic E-state index is 6.47. The molecule has 5 nitrogen and oxygen atoms in total. The lowest BCUT2D eigenvalue weighted by Crippen LogP contribution is -2.03. The Morgan fingerprint density at radius 1 is 0.737 bits per heavy atom. The maximum absolute atomic E-state index is 6.47. The van der Waals surface area contributed by atoms with Gasteiger partial charge in [-0.1, -0.05) is 72.8 Å². The van der Waals surface area contributed by atoms with E-state index in [1.54, 1.807) is 0 Å². The first-order valence-corrected chi connectivity index (χ1v) is 12.6. The molecule has 0 spiro atoms. The molecule has 0 N–H and O–H groups in total. The van der Waals surface area contributed by atoms with Crippen LogP contribution >= 0.6 is 0 Å². The van der Waals surface area contributed by atoms with Crippen molar-refractivity contribution < 1.29 is 23.7 Å². The Hall–Kier alpha value is -4.64. The van der Waals surface area contributed by atoms with Crippen molar-refractivity contribution in [3.8, 4) is 28.7 Å². The van der Waals surface area contributed by atoms with Crippen LogP contribution in [0.5, 0.6) is 28.7 Å². The molecule has 1 heterocycles. The van der Waals surface area contributed by atoms with E-state index < -0.39 is 0 Å². The Kier molecular flexibility index (Phi) is 7.95. The second-order valence-corrected chi connectivity index (χ2v) is 8.70. The van der Waals surface area contributed by atoms with Gasteiger partial charge in [0.05, 0.1) is 5.56 Å². The lowest BCUT2D eigenvalue weighted by Gasteiger charge is -2.18. The molecule has 0 unspecified atom stereocenters. The molecule has 0 bridgehead atoms. The highest BCUT2D eigenvalue weighted by Crippen LogP contribution is 2.41. The highest BCUT2D eigenvalue weighted by atomic mass is 16.7. The Morgan fingerprint density at radius 3 is 2.05 bits per heavy atom. The third kappa shape index (κ3) is 6.01. The van der Waals surface area contributed by atoms with Crippen LogP contribution in [0.2, 0.25) is 0 Å². The fourth-order valence-electron chi connectivity index (χ4n) is 4.12. The second-order valence-electron chi connectivity index (χ2n) is 8.70. The van der Waals surface area contributed by atoms with E-state index >= 15 is 0 Å². The Morgan fingerprint density at radius 2 is 1.39 bits per heavy atom. The van der Waals surface area contributed by atoms with Crippen molar-refractivity contribution in [1.82, 2.24) is 0 Å². The van der Waals surface area contributed by atoms with Crippen LogP contribution in [0.15, 0.2) is 103 Å². The number of allylic oxidation sites excluding steroid dienone is 2. The predicted octanol–water partition coefficient (Wildman–Crippen LogP) is 8.05. The molecule has 0 fully saturated rings. The fourth-order valence-corrected chi connectivity index (χ4v) is 4.12. The Labute approximate surface area is 223 Å². The van der Waals surface area contributed by atoms with Crippen molar-refractivity contribution in [2.75, 3.05) is 6.79 Å². The summed E-state index contributed by atoms with van der Waals surface area (Å²) in [6, 6.07) is 29.8. The van der Waals surface area contributed by atoms with Gasteiger partial charge in [-0.15, -0.1) is 0 Å². The first kappa shape index (κ1) is 25.0. The first-order valence-electron chi connectivity index (χ1n) is 12.6. The number of fused-ring (bicyclic) bond motifs is 1. The molecule has 4 aromatic carbocycles. The van der Waals surface area contributed by atoms with Gasteiger partial charge in [0.1, 0.15) is 36.2 Å². The zero-order valence-corrected chi connectivity index (χ0v) is 21.6. The Bertz CT molecular complexity index is 1420. The molecule has 5 rings (SSSR count). The minimum atomic E-state index is 0.201. The monoisotopic (exact) mass is 506 g/mol. The molecular weight excluding hydrogens is 476 g/mol. The molecule has 0 amide bonds. The van der Waals surface area contributed by atoms with Gasteiger partial charge in [0.25, 0.3) is 0 Å². The van der Waals surface area contributed by atoms with Crippen molar-refractivity contribution in [2.24, 2.45) is 0 Å². The number of rotatable bonds is 10. The van der Waals surface area contributed by atoms with Crippen LogP contribution in [0.3, 0.4) is 0 Å². The summed E-state index contributed by atoms with van der Waals surface area (Å²) in [5.74, 6) is 4.08. The van der Waals surface area contributed by atoms with Crippen molar-refractivity contribution >= 4 is 11.8 Å². The van der Waals surface area contributed by atoms with Gasteiger partial charge in [0.2, 0.25) is 6.79 Å². The standard InChI is InChI=1S/C33H30O5/c1-3-11-26-18-32-33(37-23-36-32)20-30(26)38-29(4-2)28-17-16-27(34-21-24-12-7-5-8-13-24)19-31(28)35-22-25-14-9-6-10-15-25/h3-20H,21-23H2,1-2H3/b11-3+,29-4+. The average Bonchev–Trinajstić information content (AvgIpc) is 3.42. The summed E-state index contributed by atoms with van der Waals surface area (Å²) in [4.78, 5) is 0. The summed E-state index contributed by atoms with van der Waals surface area (Å²) in [7, 11) is 0. The van der Waals surface area contributed by atoms with Crippen LogP contribution in [0.1, 0.15) is 36.1 Å². The summed E-state index contributed by atoms with van der Waals surface area (Å²) in [6.45, 7) is 5.00. The van der Waals surface area contributed by atoms with Gasteiger partial charge in [0, 0.05) is 17.7 Å². The lowest BCUT2D eigenvalue weighted by atomic mass is 10.1. The van der Waals surface area contributed by atoms with Crippen LogP contribution in [0.25, 0.3) is 11.8 Å². The highest BCUT2D eigenvalue weighted by molar-refractivity contribution is 5.71. The van der Waals surface area contributed by atoms with Gasteiger partial charge >= 0.3 is 0 Å². The summed E-state index contributed by atoms with van der Waals surface area (Å²) in [6.07, 6.45) is 5.88. The molecule has 0 saturated carbocycles. The van der Waals surface area contributed by atoms with Crippen LogP contribution in [-0.2, 0) is 13.2 Å². The summed E-state index contributed by atoms with van der Waals surface area (Å²) in [5.41, 5.74) is 3.88. The van der Waals surface area contributed by atoms with Gasteiger partial charge in [-0.2, -0.15) is 0 Å². The summed E-state index contributed by atoms with van der Waals surface area (Å²) in [5, 5.41) is 0. The third-order valence-corrected chi connectivity index (χ3v) is 6.04. The molecule has 192 valence electrons. The summed E-state index contributed by atoms with van der Waals surface area (Å²) >= 11 is 0. The molecule has 1 aliphatic heterocycles. The molecule has 38 heavy (non-hydrogen) atoms. The van der Waals surface area contributed by atoms with Crippen molar-refractivity contribution in [2.45, 2.75) is 27.1 Å². The van der Waals surface area contributed by atoms with E-state index in [0.29, 0.717) is 47.7 Å². The minimum Gasteiger partial charge on any atom is -0.489 e. The van der Waals surface area contributed by atoms with Crippen molar-refractivity contribution in [3.05, 3.63) is 125 Å². The highest BCUT2D eigenvalue weighted by Gasteiger charge is 2.20. The molecule has 0 radical (unpaired) electrons. The molecule has 5 heteroatoms. The Balaban J connectivity index is 1.44. The molecule has 4 aromatic rings. The fraction of sp³-hybridized carbons (Fsp3) is 0.152. The summed E-state index contributed by atoms with van der Waals surface area (Å²) < 4.78 is 30.0. The predicted molar refractivity (Wildman–Crippen MR) is 150 cm³/mol. The molecule has 0 saturated heterocycles. The minimum absolute atomic E-state index is 0.201. The van der Waals surface area contributed by atoms with Crippen molar-refractivity contribution in [1.29, 1.82) is 0 Å². The van der Waals surface area contributed by atoms with Crippen LogP contribution in [0, 0.1) is 0 Å². The average molecular weight is 507 g/mol. The first-order chi connectivity index (χ1) is 18.7. The molecule has 0 aromatic heterocycles. The zero-order chi connectivity index (χ0) is 26.2. The van der Waals surface area contributed by atoms with Gasteiger partial charge < -0.3 is 23.7 Å². The SMILES string of the molecule is C/C=C/c1cc2c(cc1O/C(=C/C)c1ccc(OCc3ccccc3)cc1OCc1ccccc1)OCO2. The van der Waals surface area contributed by atoms with E-state index in [0.717, 1.165) is 22.3 Å². The molecular formula is C33H30O5. The van der Waals surface area contributed by atoms with E-state index in [-0.39, 0.29) is 6.79 Å².